The number of nitrogens with one attached hydrogen (secondary N) is 1. The number of ether oxygens (including phenoxy) is 1. The number of hydrogen-bond donors (Lipinski definition) is 1. The number of carbonyl (C=O) groups is 1. The lowest BCUT2D eigenvalue weighted by Crippen LogP contribution is -2.28. The summed E-state index contributed by atoms with van der Waals surface area (Å²) in [5, 5.41) is 2.27. The smallest absolute Gasteiger partial charge is 0.416 e. The molecule has 1 unspecified atom stereocenters. The van der Waals surface area contributed by atoms with Crippen molar-refractivity contribution in [2.24, 2.45) is 0 Å². The Kier molecular flexibility index (Phi) is 6.82. The Bertz CT molecular complexity index is 1110. The SMILES string of the molecule is CC(NC(=O)c1cc(Cl)cc(C(F)(F)F)c1)c1nccnc1-c1ncc(OC(F)F)cn1. The summed E-state index contributed by atoms with van der Waals surface area (Å²) < 4.78 is 67.8. The molecule has 0 saturated carbocycles. The summed E-state index contributed by atoms with van der Waals surface area (Å²) in [6.07, 6.45) is 0.00656. The fourth-order valence-corrected chi connectivity index (χ4v) is 2.91. The van der Waals surface area contributed by atoms with Crippen LogP contribution in [0.5, 0.6) is 5.75 Å². The largest absolute Gasteiger partial charge is 0.432 e. The van der Waals surface area contributed by atoms with E-state index in [1.165, 1.54) is 19.3 Å². The molecular formula is C19H13ClF5N5O2. The van der Waals surface area contributed by atoms with E-state index in [-0.39, 0.29) is 33.5 Å². The highest BCUT2D eigenvalue weighted by Gasteiger charge is 2.32. The third kappa shape index (κ3) is 5.63. The summed E-state index contributed by atoms with van der Waals surface area (Å²) >= 11 is 5.73. The van der Waals surface area contributed by atoms with Crippen molar-refractivity contribution in [2.75, 3.05) is 0 Å². The predicted molar refractivity (Wildman–Crippen MR) is 102 cm³/mol. The monoisotopic (exact) mass is 473 g/mol. The topological polar surface area (TPSA) is 89.9 Å². The van der Waals surface area contributed by atoms with Crippen LogP contribution in [0.4, 0.5) is 22.0 Å². The van der Waals surface area contributed by atoms with Gasteiger partial charge in [-0.25, -0.2) is 15.0 Å². The zero-order chi connectivity index (χ0) is 23.5. The second-order valence-electron chi connectivity index (χ2n) is 6.33. The van der Waals surface area contributed by atoms with Gasteiger partial charge < -0.3 is 10.1 Å². The number of nitrogens with zero attached hydrogens (tertiary/aromatic N) is 4. The first-order chi connectivity index (χ1) is 15.0. The molecule has 0 aliphatic heterocycles. The molecular weight excluding hydrogens is 461 g/mol. The van der Waals surface area contributed by atoms with Gasteiger partial charge in [-0.05, 0) is 25.1 Å². The third-order valence-electron chi connectivity index (χ3n) is 4.04. The number of halogens is 6. The highest BCUT2D eigenvalue weighted by Crippen LogP contribution is 2.32. The Hall–Kier alpha value is -3.41. The summed E-state index contributed by atoms with van der Waals surface area (Å²) in [7, 11) is 0. The Morgan fingerprint density at radius 1 is 1.06 bits per heavy atom. The normalized spacial score (nSPS) is 12.5. The Morgan fingerprint density at radius 3 is 2.34 bits per heavy atom. The van der Waals surface area contributed by atoms with Crippen molar-refractivity contribution in [1.82, 2.24) is 25.3 Å². The fraction of sp³-hybridized carbons (Fsp3) is 0.211. The number of rotatable bonds is 6. The summed E-state index contributed by atoms with van der Waals surface area (Å²) in [5.41, 5.74) is -1.04. The molecule has 0 radical (unpaired) electrons. The van der Waals surface area contributed by atoms with Crippen molar-refractivity contribution in [1.29, 1.82) is 0 Å². The average Bonchev–Trinajstić information content (AvgIpc) is 2.72. The molecule has 2 heterocycles. The van der Waals surface area contributed by atoms with E-state index < -0.39 is 30.3 Å². The van der Waals surface area contributed by atoms with Gasteiger partial charge in [-0.15, -0.1) is 0 Å². The molecule has 7 nitrogen and oxygen atoms in total. The summed E-state index contributed by atoms with van der Waals surface area (Å²) in [4.78, 5) is 28.6. The van der Waals surface area contributed by atoms with Crippen molar-refractivity contribution in [3.05, 3.63) is 64.8 Å². The number of amides is 1. The maximum Gasteiger partial charge on any atom is 0.416 e. The van der Waals surface area contributed by atoms with E-state index in [0.29, 0.717) is 12.1 Å². The van der Waals surface area contributed by atoms with Gasteiger partial charge in [-0.1, -0.05) is 11.6 Å². The van der Waals surface area contributed by atoms with Crippen LogP contribution in [-0.2, 0) is 6.18 Å². The Labute approximate surface area is 182 Å². The molecule has 0 spiro atoms. The van der Waals surface area contributed by atoms with Gasteiger partial charge in [0.05, 0.1) is 29.7 Å². The van der Waals surface area contributed by atoms with Gasteiger partial charge in [0.25, 0.3) is 5.91 Å². The van der Waals surface area contributed by atoms with Crippen LogP contribution < -0.4 is 10.1 Å². The number of carbonyl (C=O) groups excluding carboxylic acids is 1. The third-order valence-corrected chi connectivity index (χ3v) is 4.25. The molecule has 32 heavy (non-hydrogen) atoms. The number of hydrogen-bond acceptors (Lipinski definition) is 6. The first-order valence-electron chi connectivity index (χ1n) is 8.81. The first kappa shape index (κ1) is 23.3. The van der Waals surface area contributed by atoms with E-state index >= 15 is 0 Å². The van der Waals surface area contributed by atoms with Crippen LogP contribution in [-0.4, -0.2) is 32.5 Å². The zero-order valence-electron chi connectivity index (χ0n) is 16.1. The Morgan fingerprint density at radius 2 is 1.72 bits per heavy atom. The highest BCUT2D eigenvalue weighted by molar-refractivity contribution is 6.31. The molecule has 1 N–H and O–H groups in total. The highest BCUT2D eigenvalue weighted by atomic mass is 35.5. The number of aromatic nitrogens is 4. The van der Waals surface area contributed by atoms with Crippen LogP contribution in [0, 0.1) is 0 Å². The molecule has 13 heteroatoms. The molecule has 1 amide bonds. The first-order valence-corrected chi connectivity index (χ1v) is 9.19. The van der Waals surface area contributed by atoms with Gasteiger partial charge in [0.15, 0.2) is 11.6 Å². The number of alkyl halides is 5. The maximum atomic E-state index is 13.0. The molecule has 0 fully saturated rings. The minimum atomic E-state index is -4.68. The molecule has 1 atom stereocenters. The lowest BCUT2D eigenvalue weighted by Gasteiger charge is -2.16. The minimum absolute atomic E-state index is 0.0120. The van der Waals surface area contributed by atoms with Crippen LogP contribution in [0.2, 0.25) is 5.02 Å². The van der Waals surface area contributed by atoms with E-state index in [2.05, 4.69) is 30.0 Å². The Balaban J connectivity index is 1.84. The van der Waals surface area contributed by atoms with E-state index in [0.717, 1.165) is 18.5 Å². The summed E-state index contributed by atoms with van der Waals surface area (Å²) in [6.45, 7) is -1.52. The lowest BCUT2D eigenvalue weighted by molar-refractivity contribution is -0.137. The molecule has 2 aromatic heterocycles. The number of benzene rings is 1. The predicted octanol–water partition coefficient (Wildman–Crippen LogP) is 4.70. The molecule has 0 bridgehead atoms. The van der Waals surface area contributed by atoms with Gasteiger partial charge in [0.1, 0.15) is 5.69 Å². The van der Waals surface area contributed by atoms with Crippen molar-refractivity contribution in [2.45, 2.75) is 25.8 Å². The van der Waals surface area contributed by atoms with E-state index in [4.69, 9.17) is 11.6 Å². The minimum Gasteiger partial charge on any atom is -0.432 e. The molecule has 0 aliphatic rings. The second kappa shape index (κ2) is 9.39. The van der Waals surface area contributed by atoms with Gasteiger partial charge in [-0.2, -0.15) is 22.0 Å². The lowest BCUT2D eigenvalue weighted by atomic mass is 10.1. The molecule has 1 aromatic carbocycles. The standard InChI is InChI=1S/C19H13ClF5N5O2/c1-9(30-17(31)10-4-11(19(23,24)25)6-12(20)5-10)14-15(27-3-2-26-14)16-28-7-13(8-29-16)32-18(21)22/h2-9,18H,1H3,(H,30,31). The van der Waals surface area contributed by atoms with Crippen LogP contribution in [0.3, 0.4) is 0 Å². The zero-order valence-corrected chi connectivity index (χ0v) is 16.8. The van der Waals surface area contributed by atoms with E-state index in [1.54, 1.807) is 0 Å². The van der Waals surface area contributed by atoms with Gasteiger partial charge in [-0.3, -0.25) is 9.78 Å². The van der Waals surface area contributed by atoms with Crippen molar-refractivity contribution < 1.29 is 31.5 Å². The fourth-order valence-electron chi connectivity index (χ4n) is 2.67. The van der Waals surface area contributed by atoms with Gasteiger partial charge in [0.2, 0.25) is 0 Å². The van der Waals surface area contributed by atoms with Crippen molar-refractivity contribution in [3.8, 4) is 17.3 Å². The van der Waals surface area contributed by atoms with Crippen LogP contribution in [0.1, 0.15) is 34.6 Å². The van der Waals surface area contributed by atoms with Gasteiger partial charge in [0, 0.05) is 23.0 Å². The molecule has 3 rings (SSSR count). The second-order valence-corrected chi connectivity index (χ2v) is 6.77. The quantitative estimate of drug-likeness (QED) is 0.522. The van der Waals surface area contributed by atoms with Crippen LogP contribution in [0.25, 0.3) is 11.5 Å². The summed E-state index contributed by atoms with van der Waals surface area (Å²) in [5.74, 6) is -1.08. The molecule has 0 aliphatic carbocycles. The molecule has 168 valence electrons. The van der Waals surface area contributed by atoms with Gasteiger partial charge >= 0.3 is 12.8 Å². The molecule has 0 saturated heterocycles. The van der Waals surface area contributed by atoms with Crippen LogP contribution in [0.15, 0.2) is 43.0 Å². The molecule has 3 aromatic rings. The summed E-state index contributed by atoms with van der Waals surface area (Å²) in [6, 6.07) is 1.65. The van der Waals surface area contributed by atoms with E-state index in [1.807, 2.05) is 0 Å². The average molecular weight is 474 g/mol. The van der Waals surface area contributed by atoms with Crippen molar-refractivity contribution in [3.63, 3.8) is 0 Å². The maximum absolute atomic E-state index is 13.0. The van der Waals surface area contributed by atoms with E-state index in [9.17, 15) is 26.7 Å². The van der Waals surface area contributed by atoms with Crippen LogP contribution >= 0.6 is 11.6 Å². The van der Waals surface area contributed by atoms with Crippen molar-refractivity contribution >= 4 is 17.5 Å².